The largest absolute Gasteiger partial charge is 0.331 e. The van der Waals surface area contributed by atoms with E-state index in [1.54, 1.807) is 5.51 Å². The molecule has 0 saturated carbocycles. The lowest BCUT2D eigenvalue weighted by Crippen LogP contribution is -2.42. The van der Waals surface area contributed by atoms with Crippen LogP contribution in [0.15, 0.2) is 5.51 Å². The van der Waals surface area contributed by atoms with Gasteiger partial charge in [0, 0.05) is 18.6 Å². The average molecular weight is 251 g/mol. The number of nitrogens with one attached hydrogen (secondary N) is 1. The molecule has 1 aromatic heterocycles. The van der Waals surface area contributed by atoms with Gasteiger partial charge in [-0.25, -0.2) is 4.98 Å². The highest BCUT2D eigenvalue weighted by Gasteiger charge is 2.39. The van der Waals surface area contributed by atoms with Gasteiger partial charge in [0.05, 0.1) is 11.2 Å². The molecule has 2 aliphatic rings. The van der Waals surface area contributed by atoms with E-state index in [0.717, 1.165) is 42.9 Å². The Balaban J connectivity index is 1.88. The molecule has 1 amide bonds. The molecule has 0 aromatic carbocycles. The zero-order valence-corrected chi connectivity index (χ0v) is 10.8. The second-order valence-electron chi connectivity index (χ2n) is 4.86. The minimum absolute atomic E-state index is 0.196. The molecular weight excluding hydrogens is 234 g/mol. The first-order valence-corrected chi connectivity index (χ1v) is 7.09. The van der Waals surface area contributed by atoms with Gasteiger partial charge in [0.2, 0.25) is 0 Å². The summed E-state index contributed by atoms with van der Waals surface area (Å²) in [5, 5.41) is 3.42. The normalized spacial score (nSPS) is 28.2. The van der Waals surface area contributed by atoms with Crippen LogP contribution >= 0.6 is 11.3 Å². The third-order valence-electron chi connectivity index (χ3n) is 3.83. The Hall–Kier alpha value is -0.940. The van der Waals surface area contributed by atoms with E-state index in [2.05, 4.69) is 15.2 Å². The summed E-state index contributed by atoms with van der Waals surface area (Å²) in [6.07, 6.45) is 3.39. The van der Waals surface area contributed by atoms with Crippen LogP contribution in [-0.2, 0) is 0 Å². The summed E-state index contributed by atoms with van der Waals surface area (Å²) < 4.78 is 0. The number of carbonyl (C=O) groups is 1. The molecule has 2 aliphatic heterocycles. The van der Waals surface area contributed by atoms with E-state index in [-0.39, 0.29) is 5.91 Å². The quantitative estimate of drug-likeness (QED) is 0.821. The van der Waals surface area contributed by atoms with Gasteiger partial charge in [-0.3, -0.25) is 4.79 Å². The lowest BCUT2D eigenvalue weighted by atomic mass is 10.1. The summed E-state index contributed by atoms with van der Waals surface area (Å²) in [6, 6.07) is 0.820. The van der Waals surface area contributed by atoms with E-state index < -0.39 is 0 Å². The van der Waals surface area contributed by atoms with Gasteiger partial charge >= 0.3 is 0 Å². The van der Waals surface area contributed by atoms with Crippen molar-refractivity contribution in [3.8, 4) is 0 Å². The molecule has 2 saturated heterocycles. The number of nitrogens with zero attached hydrogens (tertiary/aromatic N) is 2. The summed E-state index contributed by atoms with van der Waals surface area (Å²) in [5.41, 5.74) is 2.64. The topological polar surface area (TPSA) is 45.2 Å². The van der Waals surface area contributed by atoms with Crippen molar-refractivity contribution >= 4 is 17.2 Å². The van der Waals surface area contributed by atoms with Crippen LogP contribution in [0.2, 0.25) is 0 Å². The van der Waals surface area contributed by atoms with Crippen LogP contribution in [-0.4, -0.2) is 41.0 Å². The minimum atomic E-state index is 0.196. The molecule has 3 heterocycles. The first-order chi connectivity index (χ1) is 8.27. The van der Waals surface area contributed by atoms with Gasteiger partial charge in [-0.15, -0.1) is 11.3 Å². The molecule has 92 valence electrons. The van der Waals surface area contributed by atoms with Crippen LogP contribution in [0, 0.1) is 6.92 Å². The van der Waals surface area contributed by atoms with Gasteiger partial charge in [0.1, 0.15) is 4.88 Å². The molecule has 0 radical (unpaired) electrons. The van der Waals surface area contributed by atoms with Gasteiger partial charge in [-0.1, -0.05) is 0 Å². The van der Waals surface area contributed by atoms with E-state index in [0.29, 0.717) is 12.1 Å². The Kier molecular flexibility index (Phi) is 2.88. The second-order valence-corrected chi connectivity index (χ2v) is 5.71. The third kappa shape index (κ3) is 1.87. The molecule has 3 rings (SSSR count). The molecule has 2 bridgehead atoms. The van der Waals surface area contributed by atoms with Crippen molar-refractivity contribution in [3.63, 3.8) is 0 Å². The second kappa shape index (κ2) is 4.38. The van der Waals surface area contributed by atoms with Crippen LogP contribution in [0.4, 0.5) is 0 Å². The van der Waals surface area contributed by atoms with Crippen molar-refractivity contribution in [1.82, 2.24) is 15.2 Å². The van der Waals surface area contributed by atoms with Crippen molar-refractivity contribution in [2.45, 2.75) is 38.3 Å². The van der Waals surface area contributed by atoms with Crippen molar-refractivity contribution in [1.29, 1.82) is 0 Å². The van der Waals surface area contributed by atoms with Gasteiger partial charge < -0.3 is 10.2 Å². The monoisotopic (exact) mass is 251 g/mol. The van der Waals surface area contributed by atoms with Crippen LogP contribution in [0.1, 0.15) is 34.6 Å². The Morgan fingerprint density at radius 2 is 2.29 bits per heavy atom. The van der Waals surface area contributed by atoms with E-state index in [9.17, 15) is 4.79 Å². The number of aryl methyl sites for hydroxylation is 1. The fourth-order valence-corrected chi connectivity index (χ4v) is 3.68. The number of carbonyl (C=O) groups excluding carboxylic acids is 1. The molecular formula is C12H17N3OS. The number of hydrogen-bond acceptors (Lipinski definition) is 4. The Labute approximate surface area is 105 Å². The van der Waals surface area contributed by atoms with Gasteiger partial charge in [0.25, 0.3) is 5.91 Å². The van der Waals surface area contributed by atoms with E-state index >= 15 is 0 Å². The average Bonchev–Trinajstić information content (AvgIpc) is 2.81. The van der Waals surface area contributed by atoms with Crippen LogP contribution < -0.4 is 5.32 Å². The number of hydrogen-bond donors (Lipinski definition) is 1. The number of aromatic nitrogens is 1. The third-order valence-corrected chi connectivity index (χ3v) is 4.75. The Bertz CT molecular complexity index is 417. The van der Waals surface area contributed by atoms with Crippen LogP contribution in [0.5, 0.6) is 0 Å². The predicted octanol–water partition coefficient (Wildman–Crippen LogP) is 1.42. The summed E-state index contributed by atoms with van der Waals surface area (Å²) in [5.74, 6) is 0.196. The van der Waals surface area contributed by atoms with Gasteiger partial charge in [0.15, 0.2) is 0 Å². The molecule has 17 heavy (non-hydrogen) atoms. The maximum absolute atomic E-state index is 12.6. The molecule has 1 N–H and O–H groups in total. The maximum atomic E-state index is 12.6. The number of rotatable bonds is 1. The summed E-state index contributed by atoms with van der Waals surface area (Å²) in [4.78, 5) is 19.7. The highest BCUT2D eigenvalue weighted by atomic mass is 32.1. The molecule has 1 aromatic rings. The first-order valence-electron chi connectivity index (χ1n) is 6.21. The lowest BCUT2D eigenvalue weighted by molar-refractivity contribution is 0.0684. The van der Waals surface area contributed by atoms with Crippen LogP contribution in [0.25, 0.3) is 0 Å². The van der Waals surface area contributed by atoms with E-state index in [4.69, 9.17) is 0 Å². The fraction of sp³-hybridized carbons (Fsp3) is 0.667. The SMILES string of the molecule is Cc1ncsc1C(=O)N1C2CCNCC1CC2. The summed E-state index contributed by atoms with van der Waals surface area (Å²) in [6.45, 7) is 3.90. The van der Waals surface area contributed by atoms with Crippen molar-refractivity contribution < 1.29 is 4.79 Å². The highest BCUT2D eigenvalue weighted by molar-refractivity contribution is 7.11. The first kappa shape index (κ1) is 11.2. The van der Waals surface area contributed by atoms with E-state index in [1.165, 1.54) is 11.3 Å². The van der Waals surface area contributed by atoms with E-state index in [1.807, 2.05) is 6.92 Å². The minimum Gasteiger partial charge on any atom is -0.331 e. The maximum Gasteiger partial charge on any atom is 0.266 e. The summed E-state index contributed by atoms with van der Waals surface area (Å²) >= 11 is 1.47. The standard InChI is InChI=1S/C12H17N3OS/c1-8-11(17-7-14-8)12(16)15-9-2-3-10(15)6-13-5-4-9/h7,9-10,13H,2-6H2,1H3. The lowest BCUT2D eigenvalue weighted by Gasteiger charge is -2.27. The molecule has 2 atom stereocenters. The van der Waals surface area contributed by atoms with Crippen LogP contribution in [0.3, 0.4) is 0 Å². The molecule has 4 nitrogen and oxygen atoms in total. The highest BCUT2D eigenvalue weighted by Crippen LogP contribution is 2.30. The molecule has 5 heteroatoms. The van der Waals surface area contributed by atoms with Gasteiger partial charge in [-0.2, -0.15) is 0 Å². The van der Waals surface area contributed by atoms with Crippen molar-refractivity contribution in [2.75, 3.05) is 13.1 Å². The Morgan fingerprint density at radius 1 is 1.47 bits per heavy atom. The number of fused-ring (bicyclic) bond motifs is 2. The zero-order valence-electron chi connectivity index (χ0n) is 9.98. The summed E-state index contributed by atoms with van der Waals surface area (Å²) in [7, 11) is 0. The van der Waals surface area contributed by atoms with Gasteiger partial charge in [-0.05, 0) is 32.7 Å². The zero-order chi connectivity index (χ0) is 11.8. The number of amides is 1. The number of thiazole rings is 1. The molecule has 2 unspecified atom stereocenters. The fourth-order valence-electron chi connectivity index (χ4n) is 2.94. The smallest absolute Gasteiger partial charge is 0.266 e. The van der Waals surface area contributed by atoms with Crippen molar-refractivity contribution in [3.05, 3.63) is 16.1 Å². The Morgan fingerprint density at radius 3 is 3.06 bits per heavy atom. The van der Waals surface area contributed by atoms with Crippen molar-refractivity contribution in [2.24, 2.45) is 0 Å². The molecule has 0 spiro atoms. The molecule has 2 fully saturated rings. The predicted molar refractivity (Wildman–Crippen MR) is 67.3 cm³/mol. The molecule has 0 aliphatic carbocycles.